The topological polar surface area (TPSA) is 60.4 Å². The van der Waals surface area contributed by atoms with E-state index in [0.29, 0.717) is 19.6 Å². The fourth-order valence-electron chi connectivity index (χ4n) is 3.57. The van der Waals surface area contributed by atoms with Gasteiger partial charge < -0.3 is 24.1 Å². The van der Waals surface area contributed by atoms with Crippen LogP contribution >= 0.6 is 0 Å². The minimum Gasteiger partial charge on any atom is -0.497 e. The number of hydrogen-bond acceptors (Lipinski definition) is 6. The lowest BCUT2D eigenvalue weighted by atomic mass is 10.1. The smallest absolute Gasteiger partial charge is 0.231 e. The van der Waals surface area contributed by atoms with E-state index in [4.69, 9.17) is 18.9 Å². The predicted molar refractivity (Wildman–Crippen MR) is 118 cm³/mol. The highest BCUT2D eigenvalue weighted by atomic mass is 16.7. The van der Waals surface area contributed by atoms with Crippen LogP contribution in [0, 0.1) is 0 Å². The van der Waals surface area contributed by atoms with Crippen LogP contribution in [0.3, 0.4) is 0 Å². The zero-order valence-corrected chi connectivity index (χ0v) is 17.6. The van der Waals surface area contributed by atoms with E-state index in [9.17, 15) is 5.11 Å². The standard InChI is InChI=1S/C25H27NO5/c1-28-23-9-5-6-19(12-23)14-26(15-20-10-11-24-25(13-20)31-18-30-24)16-21(27)17-29-22-7-3-2-4-8-22/h2-13,21,27H,14-18H2,1H3. The van der Waals surface area contributed by atoms with Gasteiger partial charge in [-0.05, 0) is 47.5 Å². The normalized spacial score (nSPS) is 13.3. The fourth-order valence-corrected chi connectivity index (χ4v) is 3.57. The van der Waals surface area contributed by atoms with Crippen LogP contribution in [0.1, 0.15) is 11.1 Å². The van der Waals surface area contributed by atoms with Gasteiger partial charge in [0.25, 0.3) is 0 Å². The number of ether oxygens (including phenoxy) is 4. The van der Waals surface area contributed by atoms with Crippen molar-refractivity contribution in [3.8, 4) is 23.0 Å². The summed E-state index contributed by atoms with van der Waals surface area (Å²) in [5, 5.41) is 10.7. The van der Waals surface area contributed by atoms with Crippen LogP contribution in [0.15, 0.2) is 72.8 Å². The molecule has 0 amide bonds. The van der Waals surface area contributed by atoms with Gasteiger partial charge in [0, 0.05) is 19.6 Å². The highest BCUT2D eigenvalue weighted by Crippen LogP contribution is 2.33. The van der Waals surface area contributed by atoms with Crippen LogP contribution in [0.4, 0.5) is 0 Å². The van der Waals surface area contributed by atoms with E-state index >= 15 is 0 Å². The molecule has 0 fully saturated rings. The van der Waals surface area contributed by atoms with Crippen molar-refractivity contribution < 1.29 is 24.1 Å². The molecule has 0 spiro atoms. The maximum absolute atomic E-state index is 10.7. The summed E-state index contributed by atoms with van der Waals surface area (Å²) in [6.07, 6.45) is -0.639. The Bertz CT molecular complexity index is 979. The van der Waals surface area contributed by atoms with E-state index < -0.39 is 6.10 Å². The molecule has 0 aliphatic carbocycles. The molecule has 1 aliphatic rings. The van der Waals surface area contributed by atoms with Crippen molar-refractivity contribution in [1.82, 2.24) is 4.90 Å². The first-order valence-corrected chi connectivity index (χ1v) is 10.3. The first-order chi connectivity index (χ1) is 15.2. The van der Waals surface area contributed by atoms with Crippen LogP contribution in [0.5, 0.6) is 23.0 Å². The maximum Gasteiger partial charge on any atom is 0.231 e. The molecule has 6 heteroatoms. The number of methoxy groups -OCH3 is 1. The highest BCUT2D eigenvalue weighted by Gasteiger charge is 2.17. The number of aliphatic hydroxyl groups is 1. The number of rotatable bonds is 10. The summed E-state index contributed by atoms with van der Waals surface area (Å²) in [5.74, 6) is 3.08. The molecule has 0 aromatic heterocycles. The lowest BCUT2D eigenvalue weighted by Gasteiger charge is -2.25. The molecule has 1 unspecified atom stereocenters. The molecular weight excluding hydrogens is 394 g/mol. The van der Waals surface area contributed by atoms with Gasteiger partial charge in [0.15, 0.2) is 11.5 Å². The summed E-state index contributed by atoms with van der Waals surface area (Å²) in [5.41, 5.74) is 2.19. The number of hydrogen-bond donors (Lipinski definition) is 1. The lowest BCUT2D eigenvalue weighted by Crippen LogP contribution is -2.35. The van der Waals surface area contributed by atoms with Crippen molar-refractivity contribution in [2.24, 2.45) is 0 Å². The minimum absolute atomic E-state index is 0.222. The Morgan fingerprint density at radius 2 is 1.61 bits per heavy atom. The molecule has 1 N–H and O–H groups in total. The van der Waals surface area contributed by atoms with Gasteiger partial charge in [0.05, 0.1) is 7.11 Å². The Balaban J connectivity index is 1.44. The van der Waals surface area contributed by atoms with Gasteiger partial charge in [-0.3, -0.25) is 4.90 Å². The second-order valence-electron chi connectivity index (χ2n) is 7.49. The van der Waals surface area contributed by atoms with E-state index in [1.807, 2.05) is 66.7 Å². The van der Waals surface area contributed by atoms with Gasteiger partial charge in [-0.15, -0.1) is 0 Å². The highest BCUT2D eigenvalue weighted by molar-refractivity contribution is 5.44. The predicted octanol–water partition coefficient (Wildman–Crippen LogP) is 3.87. The van der Waals surface area contributed by atoms with E-state index in [0.717, 1.165) is 34.1 Å². The summed E-state index contributed by atoms with van der Waals surface area (Å²) >= 11 is 0. The van der Waals surface area contributed by atoms with Crippen molar-refractivity contribution >= 4 is 0 Å². The van der Waals surface area contributed by atoms with Crippen molar-refractivity contribution in [1.29, 1.82) is 0 Å². The molecule has 0 bridgehead atoms. The van der Waals surface area contributed by atoms with Crippen LogP contribution in [0.25, 0.3) is 0 Å². The molecule has 1 aliphatic heterocycles. The SMILES string of the molecule is COc1cccc(CN(Cc2ccc3c(c2)OCO3)CC(O)COc2ccccc2)c1. The monoisotopic (exact) mass is 421 g/mol. The molecule has 6 nitrogen and oxygen atoms in total. The molecule has 0 saturated carbocycles. The summed E-state index contributed by atoms with van der Waals surface area (Å²) < 4.78 is 22.0. The fraction of sp³-hybridized carbons (Fsp3) is 0.280. The van der Waals surface area contributed by atoms with E-state index in [1.165, 1.54) is 0 Å². The molecular formula is C25H27NO5. The molecule has 3 aromatic carbocycles. The second kappa shape index (κ2) is 10.2. The third kappa shape index (κ3) is 5.90. The summed E-state index contributed by atoms with van der Waals surface area (Å²) in [4.78, 5) is 2.19. The van der Waals surface area contributed by atoms with Gasteiger partial charge in [-0.2, -0.15) is 0 Å². The average molecular weight is 421 g/mol. The van der Waals surface area contributed by atoms with Gasteiger partial charge in [0.2, 0.25) is 6.79 Å². The third-order valence-corrected chi connectivity index (χ3v) is 5.04. The lowest BCUT2D eigenvalue weighted by molar-refractivity contribution is 0.0628. The van der Waals surface area contributed by atoms with Gasteiger partial charge >= 0.3 is 0 Å². The van der Waals surface area contributed by atoms with Gasteiger partial charge in [0.1, 0.15) is 24.2 Å². The van der Waals surface area contributed by atoms with Gasteiger partial charge in [-0.1, -0.05) is 36.4 Å². The van der Waals surface area contributed by atoms with Crippen LogP contribution in [0.2, 0.25) is 0 Å². The largest absolute Gasteiger partial charge is 0.497 e. The van der Waals surface area contributed by atoms with Gasteiger partial charge in [-0.25, -0.2) is 0 Å². The Morgan fingerprint density at radius 3 is 2.42 bits per heavy atom. The third-order valence-electron chi connectivity index (χ3n) is 5.04. The van der Waals surface area contributed by atoms with E-state index in [2.05, 4.69) is 11.0 Å². The molecule has 0 saturated heterocycles. The Morgan fingerprint density at radius 1 is 0.871 bits per heavy atom. The molecule has 31 heavy (non-hydrogen) atoms. The number of fused-ring (bicyclic) bond motifs is 1. The van der Waals surface area contributed by atoms with Crippen molar-refractivity contribution in [2.75, 3.05) is 27.1 Å². The quantitative estimate of drug-likeness (QED) is 0.536. The molecule has 1 heterocycles. The molecule has 4 rings (SSSR count). The molecule has 3 aromatic rings. The minimum atomic E-state index is -0.639. The number of aliphatic hydroxyl groups excluding tert-OH is 1. The zero-order valence-electron chi connectivity index (χ0n) is 17.6. The molecule has 162 valence electrons. The second-order valence-corrected chi connectivity index (χ2v) is 7.49. The van der Waals surface area contributed by atoms with E-state index in [-0.39, 0.29) is 13.4 Å². The number of benzene rings is 3. The van der Waals surface area contributed by atoms with Crippen molar-refractivity contribution in [3.05, 3.63) is 83.9 Å². The number of para-hydroxylation sites is 1. The van der Waals surface area contributed by atoms with Crippen LogP contribution in [-0.4, -0.2) is 43.2 Å². The first-order valence-electron chi connectivity index (χ1n) is 10.3. The summed E-state index contributed by atoms with van der Waals surface area (Å²) in [6.45, 7) is 2.24. The zero-order chi connectivity index (χ0) is 21.5. The molecule has 1 atom stereocenters. The van der Waals surface area contributed by atoms with Crippen LogP contribution in [-0.2, 0) is 13.1 Å². The average Bonchev–Trinajstić information content (AvgIpc) is 3.26. The van der Waals surface area contributed by atoms with Crippen LogP contribution < -0.4 is 18.9 Å². The maximum atomic E-state index is 10.7. The Kier molecular flexibility index (Phi) is 6.92. The number of nitrogens with zero attached hydrogens (tertiary/aromatic N) is 1. The Labute approximate surface area is 182 Å². The summed E-state index contributed by atoms with van der Waals surface area (Å²) in [6, 6.07) is 23.4. The molecule has 0 radical (unpaired) electrons. The van der Waals surface area contributed by atoms with Crippen molar-refractivity contribution in [2.45, 2.75) is 19.2 Å². The first kappa shape index (κ1) is 21.0. The van der Waals surface area contributed by atoms with Crippen molar-refractivity contribution in [3.63, 3.8) is 0 Å². The van der Waals surface area contributed by atoms with E-state index in [1.54, 1.807) is 7.11 Å². The summed E-state index contributed by atoms with van der Waals surface area (Å²) in [7, 11) is 1.66. The Hall–Kier alpha value is -3.22.